The number of benzene rings is 1. The van der Waals surface area contributed by atoms with Gasteiger partial charge < -0.3 is 15.1 Å². The van der Waals surface area contributed by atoms with Crippen LogP contribution in [0.25, 0.3) is 0 Å². The largest absolute Gasteiger partial charge is 0.356 e. The summed E-state index contributed by atoms with van der Waals surface area (Å²) >= 11 is 0. The van der Waals surface area contributed by atoms with E-state index in [9.17, 15) is 14.0 Å². The van der Waals surface area contributed by atoms with Crippen LogP contribution in [0.3, 0.4) is 0 Å². The summed E-state index contributed by atoms with van der Waals surface area (Å²) in [6.07, 6.45) is 2.23. The summed E-state index contributed by atoms with van der Waals surface area (Å²) in [6, 6.07) is 5.74. The van der Waals surface area contributed by atoms with Crippen molar-refractivity contribution in [3.63, 3.8) is 0 Å². The van der Waals surface area contributed by atoms with Crippen LogP contribution in [0.2, 0.25) is 0 Å². The van der Waals surface area contributed by atoms with Crippen molar-refractivity contribution in [1.29, 1.82) is 0 Å². The van der Waals surface area contributed by atoms with Crippen LogP contribution < -0.4 is 5.32 Å². The molecule has 6 heteroatoms. The first-order valence-corrected chi connectivity index (χ1v) is 8.44. The van der Waals surface area contributed by atoms with E-state index in [1.165, 1.54) is 18.2 Å². The van der Waals surface area contributed by atoms with Gasteiger partial charge in [-0.25, -0.2) is 4.39 Å². The standard InChI is InChI=1S/C18H26FN3O2/c1-21(2)10-4-9-20-17(23)14-7-11-22(12-8-14)18(24)15-5-3-6-16(19)13-15/h3,5-6,13-14H,4,7-12H2,1-2H3,(H,20,23). The van der Waals surface area contributed by atoms with Crippen molar-refractivity contribution in [3.05, 3.63) is 35.6 Å². The van der Waals surface area contributed by atoms with Crippen LogP contribution in [0.15, 0.2) is 24.3 Å². The molecule has 1 aromatic rings. The molecular weight excluding hydrogens is 309 g/mol. The molecule has 0 atom stereocenters. The van der Waals surface area contributed by atoms with Crippen LogP contribution in [0.5, 0.6) is 0 Å². The number of nitrogens with one attached hydrogen (secondary N) is 1. The summed E-state index contributed by atoms with van der Waals surface area (Å²) in [5.74, 6) is -0.542. The summed E-state index contributed by atoms with van der Waals surface area (Å²) in [4.78, 5) is 28.3. The smallest absolute Gasteiger partial charge is 0.253 e. The first-order chi connectivity index (χ1) is 11.5. The predicted octanol–water partition coefficient (Wildman–Crippen LogP) is 1.75. The molecule has 2 amide bonds. The molecule has 24 heavy (non-hydrogen) atoms. The van der Waals surface area contributed by atoms with Crippen molar-refractivity contribution in [2.45, 2.75) is 19.3 Å². The minimum atomic E-state index is -0.409. The zero-order chi connectivity index (χ0) is 17.5. The third-order valence-electron chi connectivity index (χ3n) is 4.31. The van der Waals surface area contributed by atoms with Gasteiger partial charge >= 0.3 is 0 Å². The number of piperidine rings is 1. The maximum Gasteiger partial charge on any atom is 0.253 e. The molecule has 1 aliphatic heterocycles. The van der Waals surface area contributed by atoms with E-state index in [4.69, 9.17) is 0 Å². The highest BCUT2D eigenvalue weighted by Gasteiger charge is 2.27. The van der Waals surface area contributed by atoms with Crippen LogP contribution in [-0.4, -0.2) is 61.9 Å². The topological polar surface area (TPSA) is 52.7 Å². The minimum Gasteiger partial charge on any atom is -0.356 e. The van der Waals surface area contributed by atoms with E-state index in [1.807, 2.05) is 14.1 Å². The van der Waals surface area contributed by atoms with Crippen molar-refractivity contribution in [3.8, 4) is 0 Å². The molecule has 132 valence electrons. The van der Waals surface area contributed by atoms with Gasteiger partial charge in [-0.05, 0) is 58.1 Å². The van der Waals surface area contributed by atoms with Crippen LogP contribution in [-0.2, 0) is 4.79 Å². The molecule has 1 fully saturated rings. The van der Waals surface area contributed by atoms with Crippen molar-refractivity contribution < 1.29 is 14.0 Å². The Morgan fingerprint density at radius 1 is 1.29 bits per heavy atom. The number of carbonyl (C=O) groups is 2. The maximum atomic E-state index is 13.2. The van der Waals surface area contributed by atoms with Crippen LogP contribution in [0.1, 0.15) is 29.6 Å². The van der Waals surface area contributed by atoms with E-state index in [0.717, 1.165) is 13.0 Å². The van der Waals surface area contributed by atoms with Gasteiger partial charge in [0.2, 0.25) is 5.91 Å². The number of nitrogens with zero attached hydrogens (tertiary/aromatic N) is 2. The first-order valence-electron chi connectivity index (χ1n) is 8.44. The Balaban J connectivity index is 1.76. The van der Waals surface area contributed by atoms with Gasteiger partial charge in [-0.1, -0.05) is 6.07 Å². The average Bonchev–Trinajstić information content (AvgIpc) is 2.58. The minimum absolute atomic E-state index is 0.0408. The lowest BCUT2D eigenvalue weighted by Crippen LogP contribution is -2.43. The van der Waals surface area contributed by atoms with Crippen molar-refractivity contribution >= 4 is 11.8 Å². The van der Waals surface area contributed by atoms with Gasteiger partial charge in [0.25, 0.3) is 5.91 Å². The molecular formula is C18H26FN3O2. The first kappa shape index (κ1) is 18.4. The average molecular weight is 335 g/mol. The summed E-state index contributed by atoms with van der Waals surface area (Å²) in [7, 11) is 4.01. The Morgan fingerprint density at radius 3 is 2.62 bits per heavy atom. The zero-order valence-electron chi connectivity index (χ0n) is 14.4. The summed E-state index contributed by atoms with van der Waals surface area (Å²) in [5.41, 5.74) is 0.363. The number of likely N-dealkylation sites (tertiary alicyclic amines) is 1. The lowest BCUT2D eigenvalue weighted by molar-refractivity contribution is -0.126. The van der Waals surface area contributed by atoms with Gasteiger partial charge in [-0.3, -0.25) is 9.59 Å². The molecule has 0 aromatic heterocycles. The molecule has 0 bridgehead atoms. The van der Waals surface area contributed by atoms with Gasteiger partial charge in [0.1, 0.15) is 5.82 Å². The molecule has 1 saturated heterocycles. The number of halogens is 1. The third kappa shape index (κ3) is 5.30. The Morgan fingerprint density at radius 2 is 2.00 bits per heavy atom. The van der Waals surface area contributed by atoms with Crippen molar-refractivity contribution in [1.82, 2.24) is 15.1 Å². The SMILES string of the molecule is CN(C)CCCNC(=O)C1CCN(C(=O)c2cccc(F)c2)CC1. The molecule has 1 aromatic carbocycles. The lowest BCUT2D eigenvalue weighted by Gasteiger charge is -2.31. The highest BCUT2D eigenvalue weighted by Crippen LogP contribution is 2.19. The van der Waals surface area contributed by atoms with Crippen LogP contribution >= 0.6 is 0 Å². The molecule has 0 aliphatic carbocycles. The van der Waals surface area contributed by atoms with Gasteiger partial charge in [0, 0.05) is 31.1 Å². The molecule has 2 rings (SSSR count). The van der Waals surface area contributed by atoms with Crippen LogP contribution in [0, 0.1) is 11.7 Å². The molecule has 1 N–H and O–H groups in total. The maximum absolute atomic E-state index is 13.2. The van der Waals surface area contributed by atoms with E-state index in [-0.39, 0.29) is 17.7 Å². The molecule has 0 saturated carbocycles. The van der Waals surface area contributed by atoms with E-state index < -0.39 is 5.82 Å². The lowest BCUT2D eigenvalue weighted by atomic mass is 9.95. The Hall–Kier alpha value is -1.95. The number of amides is 2. The second-order valence-corrected chi connectivity index (χ2v) is 6.52. The predicted molar refractivity (Wildman–Crippen MR) is 91.2 cm³/mol. The molecule has 5 nitrogen and oxygen atoms in total. The summed E-state index contributed by atoms with van der Waals surface area (Å²) in [5, 5.41) is 2.97. The van der Waals surface area contributed by atoms with E-state index in [1.54, 1.807) is 11.0 Å². The highest BCUT2D eigenvalue weighted by molar-refractivity contribution is 5.94. The van der Waals surface area contributed by atoms with Crippen molar-refractivity contribution in [2.24, 2.45) is 5.92 Å². The van der Waals surface area contributed by atoms with E-state index in [0.29, 0.717) is 38.0 Å². The second-order valence-electron chi connectivity index (χ2n) is 6.52. The summed E-state index contributed by atoms with van der Waals surface area (Å²) < 4.78 is 13.2. The molecule has 0 spiro atoms. The van der Waals surface area contributed by atoms with Crippen molar-refractivity contribution in [2.75, 3.05) is 40.3 Å². The van der Waals surface area contributed by atoms with E-state index in [2.05, 4.69) is 10.2 Å². The highest BCUT2D eigenvalue weighted by atomic mass is 19.1. The molecule has 0 unspecified atom stereocenters. The molecule has 1 aliphatic rings. The zero-order valence-corrected chi connectivity index (χ0v) is 14.4. The molecule has 0 radical (unpaired) electrons. The Bertz CT molecular complexity index is 569. The van der Waals surface area contributed by atoms with Crippen LogP contribution in [0.4, 0.5) is 4.39 Å². The Labute approximate surface area is 142 Å². The fraction of sp³-hybridized carbons (Fsp3) is 0.556. The number of carbonyl (C=O) groups excluding carboxylic acids is 2. The summed E-state index contributed by atoms with van der Waals surface area (Å²) in [6.45, 7) is 2.69. The van der Waals surface area contributed by atoms with E-state index >= 15 is 0 Å². The fourth-order valence-electron chi connectivity index (χ4n) is 2.90. The van der Waals surface area contributed by atoms with Gasteiger partial charge in [-0.15, -0.1) is 0 Å². The monoisotopic (exact) mass is 335 g/mol. The third-order valence-corrected chi connectivity index (χ3v) is 4.31. The normalized spacial score (nSPS) is 15.6. The fourth-order valence-corrected chi connectivity index (χ4v) is 2.90. The van der Waals surface area contributed by atoms with Gasteiger partial charge in [0.05, 0.1) is 0 Å². The molecule has 1 heterocycles. The van der Waals surface area contributed by atoms with Gasteiger partial charge in [-0.2, -0.15) is 0 Å². The quantitative estimate of drug-likeness (QED) is 0.806. The Kier molecular flexibility index (Phi) is 6.73. The second kappa shape index (κ2) is 8.78. The van der Waals surface area contributed by atoms with Gasteiger partial charge in [0.15, 0.2) is 0 Å². The number of hydrogen-bond donors (Lipinski definition) is 1. The number of hydrogen-bond acceptors (Lipinski definition) is 3. The number of rotatable bonds is 6.